The molecule has 0 saturated carbocycles. The van der Waals surface area contributed by atoms with Gasteiger partial charge in [-0.3, -0.25) is 4.79 Å². The van der Waals surface area contributed by atoms with Gasteiger partial charge in [0.05, 0.1) is 23.8 Å². The second-order valence-electron chi connectivity index (χ2n) is 3.75. The minimum Gasteiger partial charge on any atom is -0.488 e. The van der Waals surface area contributed by atoms with Crippen molar-refractivity contribution in [2.24, 2.45) is 0 Å². The van der Waals surface area contributed by atoms with Crippen molar-refractivity contribution in [1.29, 1.82) is 0 Å². The van der Waals surface area contributed by atoms with Gasteiger partial charge >= 0.3 is 12.1 Å². The molecule has 0 aliphatic heterocycles. The normalized spacial score (nSPS) is 10.8. The van der Waals surface area contributed by atoms with Crippen LogP contribution >= 0.6 is 0 Å². The smallest absolute Gasteiger partial charge is 0.416 e. The summed E-state index contributed by atoms with van der Waals surface area (Å²) in [7, 11) is 1.13. The molecule has 0 aromatic heterocycles. The molecule has 4 nitrogen and oxygen atoms in total. The third-order valence-corrected chi connectivity index (χ3v) is 2.34. The van der Waals surface area contributed by atoms with Crippen LogP contribution in [0.4, 0.5) is 13.2 Å². The summed E-state index contributed by atoms with van der Waals surface area (Å²) in [5.74, 6) is -1.02. The van der Waals surface area contributed by atoms with E-state index in [0.29, 0.717) is 12.4 Å². The van der Waals surface area contributed by atoms with Crippen LogP contribution in [0.15, 0.2) is 30.4 Å². The lowest BCUT2D eigenvalue weighted by Crippen LogP contribution is -2.13. The van der Waals surface area contributed by atoms with E-state index in [1.807, 2.05) is 0 Å². The van der Waals surface area contributed by atoms with Gasteiger partial charge in [0.2, 0.25) is 0 Å². The summed E-state index contributed by atoms with van der Waals surface area (Å²) in [6.07, 6.45) is -4.20. The Bertz CT molecular complexity index is 535. The topological polar surface area (TPSA) is 52.6 Å². The van der Waals surface area contributed by atoms with E-state index >= 15 is 0 Å². The zero-order valence-electron chi connectivity index (χ0n) is 10.5. The molecule has 1 aromatic rings. The maximum absolute atomic E-state index is 12.5. The van der Waals surface area contributed by atoms with Gasteiger partial charge in [0.25, 0.3) is 0 Å². The minimum absolute atomic E-state index is 0.0596. The molecule has 0 aliphatic rings. The van der Waals surface area contributed by atoms with Gasteiger partial charge in [-0.05, 0) is 18.2 Å². The Morgan fingerprint density at radius 3 is 2.55 bits per heavy atom. The van der Waals surface area contributed by atoms with Crippen molar-refractivity contribution in [2.45, 2.75) is 6.18 Å². The van der Waals surface area contributed by atoms with Crippen LogP contribution in [0.5, 0.6) is 5.75 Å². The average molecular weight is 288 g/mol. The highest BCUT2D eigenvalue weighted by Crippen LogP contribution is 2.32. The van der Waals surface area contributed by atoms with E-state index in [0.717, 1.165) is 19.2 Å². The molecule has 108 valence electrons. The molecule has 0 bridgehead atoms. The SMILES string of the molecule is C=C(COc1cc(C(F)(F)F)ccc1C=O)C(=O)OC. The number of ether oxygens (including phenoxy) is 2. The van der Waals surface area contributed by atoms with Crippen molar-refractivity contribution in [1.82, 2.24) is 0 Å². The van der Waals surface area contributed by atoms with Crippen LogP contribution in [-0.2, 0) is 15.7 Å². The number of aldehydes is 1. The van der Waals surface area contributed by atoms with Crippen LogP contribution in [0.1, 0.15) is 15.9 Å². The quantitative estimate of drug-likeness (QED) is 0.475. The highest BCUT2D eigenvalue weighted by molar-refractivity contribution is 5.88. The molecule has 0 spiro atoms. The Labute approximate surface area is 112 Å². The van der Waals surface area contributed by atoms with Crippen LogP contribution in [-0.4, -0.2) is 26.0 Å². The van der Waals surface area contributed by atoms with E-state index in [2.05, 4.69) is 11.3 Å². The second-order valence-corrected chi connectivity index (χ2v) is 3.75. The lowest BCUT2D eigenvalue weighted by molar-refractivity contribution is -0.138. The summed E-state index contributed by atoms with van der Waals surface area (Å²) in [6.45, 7) is 2.98. The molecular formula is C13H11F3O4. The maximum atomic E-state index is 12.5. The standard InChI is InChI=1S/C13H11F3O4/c1-8(12(18)19-2)7-20-11-5-10(13(14,15)16)4-3-9(11)6-17/h3-6H,1,7H2,2H3. The van der Waals surface area contributed by atoms with Gasteiger partial charge in [-0.15, -0.1) is 0 Å². The Kier molecular flexibility index (Phi) is 4.90. The first-order valence-corrected chi connectivity index (χ1v) is 5.35. The van der Waals surface area contributed by atoms with E-state index in [1.54, 1.807) is 0 Å². The molecule has 0 fully saturated rings. The number of alkyl halides is 3. The molecule has 0 unspecified atom stereocenters. The van der Waals surface area contributed by atoms with Crippen molar-refractivity contribution in [3.05, 3.63) is 41.5 Å². The third kappa shape index (κ3) is 3.84. The molecule has 0 amide bonds. The maximum Gasteiger partial charge on any atom is 0.416 e. The van der Waals surface area contributed by atoms with E-state index in [1.165, 1.54) is 0 Å². The number of rotatable bonds is 5. The van der Waals surface area contributed by atoms with E-state index in [-0.39, 0.29) is 23.5 Å². The van der Waals surface area contributed by atoms with Crippen molar-refractivity contribution in [3.8, 4) is 5.75 Å². The van der Waals surface area contributed by atoms with Gasteiger partial charge < -0.3 is 9.47 Å². The monoisotopic (exact) mass is 288 g/mol. The van der Waals surface area contributed by atoms with E-state index in [9.17, 15) is 22.8 Å². The van der Waals surface area contributed by atoms with Crippen molar-refractivity contribution >= 4 is 12.3 Å². The summed E-state index contributed by atoms with van der Waals surface area (Å²) in [6, 6.07) is 2.45. The molecule has 0 atom stereocenters. The number of benzene rings is 1. The first-order valence-electron chi connectivity index (χ1n) is 5.35. The first kappa shape index (κ1) is 15.7. The fraction of sp³-hybridized carbons (Fsp3) is 0.231. The van der Waals surface area contributed by atoms with Gasteiger partial charge in [-0.2, -0.15) is 13.2 Å². The molecule has 0 aliphatic carbocycles. The Morgan fingerprint density at radius 2 is 2.05 bits per heavy atom. The van der Waals surface area contributed by atoms with Crippen molar-refractivity contribution in [2.75, 3.05) is 13.7 Å². The summed E-state index contributed by atoms with van der Waals surface area (Å²) in [5, 5.41) is 0. The lowest BCUT2D eigenvalue weighted by Gasteiger charge is -2.12. The molecular weight excluding hydrogens is 277 g/mol. The summed E-state index contributed by atoms with van der Waals surface area (Å²) >= 11 is 0. The molecule has 0 N–H and O–H groups in total. The number of carbonyl (C=O) groups excluding carboxylic acids is 2. The lowest BCUT2D eigenvalue weighted by atomic mass is 10.1. The number of esters is 1. The number of halogens is 3. The highest BCUT2D eigenvalue weighted by Gasteiger charge is 2.31. The molecule has 1 rings (SSSR count). The second kappa shape index (κ2) is 6.23. The van der Waals surface area contributed by atoms with E-state index in [4.69, 9.17) is 4.74 Å². The molecule has 0 heterocycles. The van der Waals surface area contributed by atoms with Crippen LogP contribution in [0.3, 0.4) is 0 Å². The van der Waals surface area contributed by atoms with Gasteiger partial charge in [0.1, 0.15) is 12.4 Å². The fourth-order valence-corrected chi connectivity index (χ4v) is 1.30. The number of methoxy groups -OCH3 is 1. The van der Waals surface area contributed by atoms with Gasteiger partial charge in [-0.25, -0.2) is 4.79 Å². The third-order valence-electron chi connectivity index (χ3n) is 2.34. The van der Waals surface area contributed by atoms with Crippen molar-refractivity contribution in [3.63, 3.8) is 0 Å². The Balaban J connectivity index is 2.95. The molecule has 1 aromatic carbocycles. The van der Waals surface area contributed by atoms with Crippen LogP contribution in [0.25, 0.3) is 0 Å². The predicted molar refractivity (Wildman–Crippen MR) is 63.5 cm³/mol. The molecule has 0 saturated heterocycles. The first-order chi connectivity index (χ1) is 9.29. The van der Waals surface area contributed by atoms with Crippen LogP contribution in [0, 0.1) is 0 Å². The summed E-state index contributed by atoms with van der Waals surface area (Å²) in [4.78, 5) is 21.8. The number of carbonyl (C=O) groups is 2. The van der Waals surface area contributed by atoms with Crippen molar-refractivity contribution < 1.29 is 32.2 Å². The Morgan fingerprint density at radius 1 is 1.40 bits per heavy atom. The van der Waals surface area contributed by atoms with Gasteiger partial charge in [0.15, 0.2) is 6.29 Å². The fourth-order valence-electron chi connectivity index (χ4n) is 1.30. The van der Waals surface area contributed by atoms with Gasteiger partial charge in [-0.1, -0.05) is 6.58 Å². The molecule has 20 heavy (non-hydrogen) atoms. The van der Waals surface area contributed by atoms with E-state index < -0.39 is 17.7 Å². The molecule has 0 radical (unpaired) electrons. The average Bonchev–Trinajstić information content (AvgIpc) is 2.42. The zero-order chi connectivity index (χ0) is 15.3. The predicted octanol–water partition coefficient (Wildman–Crippen LogP) is 2.63. The minimum atomic E-state index is -4.56. The highest BCUT2D eigenvalue weighted by atomic mass is 19.4. The summed E-state index contributed by atoms with van der Waals surface area (Å²) < 4.78 is 47.0. The van der Waals surface area contributed by atoms with Crippen LogP contribution in [0.2, 0.25) is 0 Å². The molecule has 7 heteroatoms. The zero-order valence-corrected chi connectivity index (χ0v) is 10.5. The van der Waals surface area contributed by atoms with Gasteiger partial charge in [0, 0.05) is 0 Å². The Hall–Kier alpha value is -2.31. The number of hydrogen-bond donors (Lipinski definition) is 0. The largest absolute Gasteiger partial charge is 0.488 e. The van der Waals surface area contributed by atoms with Crippen LogP contribution < -0.4 is 4.74 Å². The summed E-state index contributed by atoms with van der Waals surface area (Å²) in [5.41, 5.74) is -1.10. The number of hydrogen-bond acceptors (Lipinski definition) is 4.